The Kier molecular flexibility index (Phi) is 4.06. The lowest BCUT2D eigenvalue weighted by atomic mass is 10.2. The fourth-order valence-corrected chi connectivity index (χ4v) is 0.610. The molecule has 0 fully saturated rings. The van der Waals surface area contributed by atoms with Gasteiger partial charge in [-0.3, -0.25) is 4.79 Å². The monoisotopic (exact) mass is 183 g/mol. The Hall–Kier alpha value is -0.740. The first-order valence-corrected chi connectivity index (χ1v) is 3.71. The summed E-state index contributed by atoms with van der Waals surface area (Å²) in [6, 6.07) is -0.195. The van der Waals surface area contributed by atoms with Crippen molar-refractivity contribution in [1.82, 2.24) is 5.32 Å². The maximum Gasteiger partial charge on any atom is 0.397 e. The quantitative estimate of drug-likeness (QED) is 0.710. The summed E-state index contributed by atoms with van der Waals surface area (Å²) in [5.74, 6) is -0.961. The number of hydrogen-bond donors (Lipinski definition) is 1. The van der Waals surface area contributed by atoms with Crippen molar-refractivity contribution in [2.45, 2.75) is 38.9 Å². The van der Waals surface area contributed by atoms with Crippen LogP contribution in [0.4, 0.5) is 13.2 Å². The van der Waals surface area contributed by atoms with Crippen molar-refractivity contribution in [1.29, 1.82) is 0 Å². The standard InChI is InChI=1S/C7H12F3NO/c1-3-5(2)11-6(12)4-7(8,9)10/h5H,3-4H2,1-2H3,(H,11,12)/t5-/m1/s1. The van der Waals surface area contributed by atoms with Gasteiger partial charge in [-0.05, 0) is 13.3 Å². The zero-order valence-corrected chi connectivity index (χ0v) is 7.03. The van der Waals surface area contributed by atoms with E-state index in [9.17, 15) is 18.0 Å². The molecule has 0 saturated heterocycles. The van der Waals surface area contributed by atoms with Gasteiger partial charge < -0.3 is 5.32 Å². The van der Waals surface area contributed by atoms with E-state index in [0.29, 0.717) is 6.42 Å². The second kappa shape index (κ2) is 4.33. The van der Waals surface area contributed by atoms with Crippen LogP contribution < -0.4 is 5.32 Å². The van der Waals surface area contributed by atoms with E-state index in [1.807, 2.05) is 0 Å². The number of carbonyl (C=O) groups is 1. The van der Waals surface area contributed by atoms with Crippen LogP contribution in [-0.2, 0) is 4.79 Å². The first-order valence-electron chi connectivity index (χ1n) is 3.71. The molecule has 0 aliphatic rings. The van der Waals surface area contributed by atoms with Crippen molar-refractivity contribution in [3.8, 4) is 0 Å². The van der Waals surface area contributed by atoms with E-state index in [0.717, 1.165) is 0 Å². The molecule has 1 amide bonds. The van der Waals surface area contributed by atoms with Crippen LogP contribution in [-0.4, -0.2) is 18.1 Å². The Bertz CT molecular complexity index is 155. The van der Waals surface area contributed by atoms with Crippen LogP contribution in [0.5, 0.6) is 0 Å². The molecule has 1 N–H and O–H groups in total. The Morgan fingerprint density at radius 3 is 2.33 bits per heavy atom. The molecule has 0 saturated carbocycles. The van der Waals surface area contributed by atoms with E-state index in [-0.39, 0.29) is 6.04 Å². The molecule has 0 rings (SSSR count). The highest BCUT2D eigenvalue weighted by Crippen LogP contribution is 2.18. The van der Waals surface area contributed by atoms with Gasteiger partial charge in [0.25, 0.3) is 0 Å². The van der Waals surface area contributed by atoms with Gasteiger partial charge in [0.15, 0.2) is 0 Å². The van der Waals surface area contributed by atoms with E-state index >= 15 is 0 Å². The van der Waals surface area contributed by atoms with E-state index in [1.54, 1.807) is 13.8 Å². The molecule has 0 radical (unpaired) electrons. The average Bonchev–Trinajstić information content (AvgIpc) is 1.82. The number of halogens is 3. The van der Waals surface area contributed by atoms with E-state index in [1.165, 1.54) is 0 Å². The van der Waals surface area contributed by atoms with Crippen LogP contribution in [0.25, 0.3) is 0 Å². The summed E-state index contributed by atoms with van der Waals surface area (Å²) in [5.41, 5.74) is 0. The summed E-state index contributed by atoms with van der Waals surface area (Å²) in [4.78, 5) is 10.6. The second-order valence-corrected chi connectivity index (χ2v) is 2.67. The fraction of sp³-hybridized carbons (Fsp3) is 0.857. The smallest absolute Gasteiger partial charge is 0.353 e. The van der Waals surface area contributed by atoms with Gasteiger partial charge in [-0.25, -0.2) is 0 Å². The lowest BCUT2D eigenvalue weighted by Crippen LogP contribution is -2.34. The SMILES string of the molecule is CC[C@@H](C)NC(=O)CC(F)(F)F. The van der Waals surface area contributed by atoms with Crippen molar-refractivity contribution in [3.63, 3.8) is 0 Å². The van der Waals surface area contributed by atoms with E-state index in [2.05, 4.69) is 5.32 Å². The van der Waals surface area contributed by atoms with Crippen LogP contribution in [0.1, 0.15) is 26.7 Å². The van der Waals surface area contributed by atoms with Crippen LogP contribution in [0, 0.1) is 0 Å². The van der Waals surface area contributed by atoms with Gasteiger partial charge >= 0.3 is 6.18 Å². The van der Waals surface area contributed by atoms with Crippen molar-refractivity contribution < 1.29 is 18.0 Å². The summed E-state index contributed by atoms with van der Waals surface area (Å²) in [7, 11) is 0. The summed E-state index contributed by atoms with van der Waals surface area (Å²) in [6.07, 6.45) is -5.17. The first kappa shape index (κ1) is 11.3. The molecule has 0 aromatic carbocycles. The molecule has 0 aliphatic carbocycles. The first-order chi connectivity index (χ1) is 5.35. The zero-order valence-electron chi connectivity index (χ0n) is 7.03. The molecule has 5 heteroatoms. The fourth-order valence-electron chi connectivity index (χ4n) is 0.610. The van der Waals surface area contributed by atoms with Crippen LogP contribution in [0.15, 0.2) is 0 Å². The van der Waals surface area contributed by atoms with Gasteiger partial charge in [0, 0.05) is 6.04 Å². The zero-order chi connectivity index (χ0) is 9.78. The van der Waals surface area contributed by atoms with E-state index < -0.39 is 18.5 Å². The molecule has 0 aliphatic heterocycles. The van der Waals surface area contributed by atoms with Crippen molar-refractivity contribution in [2.24, 2.45) is 0 Å². The predicted molar refractivity (Wildman–Crippen MR) is 38.6 cm³/mol. The minimum Gasteiger partial charge on any atom is -0.353 e. The van der Waals surface area contributed by atoms with Crippen LogP contribution in [0.3, 0.4) is 0 Å². The average molecular weight is 183 g/mol. The van der Waals surface area contributed by atoms with Crippen LogP contribution in [0.2, 0.25) is 0 Å². The molecule has 0 aromatic rings. The lowest BCUT2D eigenvalue weighted by Gasteiger charge is -2.12. The van der Waals surface area contributed by atoms with Gasteiger partial charge in [-0.1, -0.05) is 6.92 Å². The largest absolute Gasteiger partial charge is 0.397 e. The third kappa shape index (κ3) is 6.00. The highest BCUT2D eigenvalue weighted by atomic mass is 19.4. The van der Waals surface area contributed by atoms with Gasteiger partial charge in [0.1, 0.15) is 6.42 Å². The molecule has 0 bridgehead atoms. The summed E-state index contributed by atoms with van der Waals surface area (Å²) < 4.78 is 34.8. The topological polar surface area (TPSA) is 29.1 Å². The molecule has 1 atom stereocenters. The molecule has 0 heterocycles. The molecule has 12 heavy (non-hydrogen) atoms. The molecular weight excluding hydrogens is 171 g/mol. The highest BCUT2D eigenvalue weighted by Gasteiger charge is 2.31. The number of amides is 1. The van der Waals surface area contributed by atoms with E-state index in [4.69, 9.17) is 0 Å². The maximum absolute atomic E-state index is 11.6. The number of rotatable bonds is 3. The minimum atomic E-state index is -4.41. The molecular formula is C7H12F3NO. The number of nitrogens with one attached hydrogen (secondary N) is 1. The Morgan fingerprint density at radius 2 is 2.00 bits per heavy atom. The lowest BCUT2D eigenvalue weighted by molar-refractivity contribution is -0.154. The Morgan fingerprint density at radius 1 is 1.50 bits per heavy atom. The molecule has 0 spiro atoms. The summed E-state index contributed by atoms with van der Waals surface area (Å²) in [6.45, 7) is 3.45. The normalized spacial score (nSPS) is 14.1. The number of hydrogen-bond acceptors (Lipinski definition) is 1. The number of carbonyl (C=O) groups excluding carboxylic acids is 1. The van der Waals surface area contributed by atoms with Gasteiger partial charge in [0.2, 0.25) is 5.91 Å². The van der Waals surface area contributed by atoms with Crippen molar-refractivity contribution in [3.05, 3.63) is 0 Å². The minimum absolute atomic E-state index is 0.195. The number of alkyl halides is 3. The summed E-state index contributed by atoms with van der Waals surface area (Å²) >= 11 is 0. The maximum atomic E-state index is 11.6. The highest BCUT2D eigenvalue weighted by molar-refractivity contribution is 5.76. The Balaban J connectivity index is 3.75. The second-order valence-electron chi connectivity index (χ2n) is 2.67. The van der Waals surface area contributed by atoms with Gasteiger partial charge in [-0.15, -0.1) is 0 Å². The molecule has 72 valence electrons. The molecule has 2 nitrogen and oxygen atoms in total. The Labute approximate surface area is 69.1 Å². The van der Waals surface area contributed by atoms with Crippen LogP contribution >= 0.6 is 0 Å². The third-order valence-corrected chi connectivity index (χ3v) is 1.38. The van der Waals surface area contributed by atoms with Crippen molar-refractivity contribution in [2.75, 3.05) is 0 Å². The predicted octanol–water partition coefficient (Wildman–Crippen LogP) is 1.85. The van der Waals surface area contributed by atoms with Crippen molar-refractivity contribution >= 4 is 5.91 Å². The molecule has 0 unspecified atom stereocenters. The van der Waals surface area contributed by atoms with Gasteiger partial charge in [0.05, 0.1) is 0 Å². The summed E-state index contributed by atoms with van der Waals surface area (Å²) in [5, 5.41) is 2.23. The molecule has 0 aromatic heterocycles. The van der Waals surface area contributed by atoms with Gasteiger partial charge in [-0.2, -0.15) is 13.2 Å². The third-order valence-electron chi connectivity index (χ3n) is 1.38.